The standard InChI is InChI=1S/C17H24O3/c1-11(2)13-10-14(15(18)9-12(13)3)17(16(19)20)7-5-4-6-8-17/h9-11,18H,4-8H2,1-3H3,(H,19,20). The summed E-state index contributed by atoms with van der Waals surface area (Å²) < 4.78 is 0. The lowest BCUT2D eigenvalue weighted by Gasteiger charge is -2.34. The van der Waals surface area contributed by atoms with Crippen LogP contribution in [0.5, 0.6) is 5.75 Å². The van der Waals surface area contributed by atoms with Crippen LogP contribution < -0.4 is 0 Å². The van der Waals surface area contributed by atoms with Crippen LogP contribution in [0, 0.1) is 6.92 Å². The van der Waals surface area contributed by atoms with Crippen molar-refractivity contribution in [2.45, 2.75) is 64.2 Å². The van der Waals surface area contributed by atoms with E-state index in [0.29, 0.717) is 24.3 Å². The van der Waals surface area contributed by atoms with Crippen LogP contribution in [0.15, 0.2) is 12.1 Å². The number of carboxylic acids is 1. The predicted octanol–water partition coefficient (Wildman–Crippen LogP) is 4.11. The highest BCUT2D eigenvalue weighted by Crippen LogP contribution is 2.44. The molecule has 3 nitrogen and oxygen atoms in total. The number of rotatable bonds is 3. The fraction of sp³-hybridized carbons (Fsp3) is 0.588. The quantitative estimate of drug-likeness (QED) is 0.873. The van der Waals surface area contributed by atoms with Gasteiger partial charge >= 0.3 is 5.97 Å². The Bertz CT molecular complexity index is 511. The van der Waals surface area contributed by atoms with E-state index in [4.69, 9.17) is 0 Å². The molecule has 1 fully saturated rings. The summed E-state index contributed by atoms with van der Waals surface area (Å²) in [6.45, 7) is 6.15. The van der Waals surface area contributed by atoms with E-state index in [2.05, 4.69) is 13.8 Å². The van der Waals surface area contributed by atoms with Gasteiger partial charge in [-0.3, -0.25) is 4.79 Å². The molecule has 1 aliphatic carbocycles. The molecule has 0 spiro atoms. The number of carboxylic acid groups (broad SMARTS) is 1. The Kier molecular flexibility index (Phi) is 4.07. The lowest BCUT2D eigenvalue weighted by atomic mass is 9.68. The minimum Gasteiger partial charge on any atom is -0.508 e. The average molecular weight is 276 g/mol. The lowest BCUT2D eigenvalue weighted by Crippen LogP contribution is -2.38. The monoisotopic (exact) mass is 276 g/mol. The normalized spacial score (nSPS) is 18.2. The number of phenols is 1. The van der Waals surface area contributed by atoms with Crippen molar-refractivity contribution in [1.29, 1.82) is 0 Å². The van der Waals surface area contributed by atoms with Crippen LogP contribution in [0.25, 0.3) is 0 Å². The van der Waals surface area contributed by atoms with Gasteiger partial charge in [-0.2, -0.15) is 0 Å². The highest BCUT2D eigenvalue weighted by atomic mass is 16.4. The van der Waals surface area contributed by atoms with Gasteiger partial charge in [-0.25, -0.2) is 0 Å². The van der Waals surface area contributed by atoms with Crippen LogP contribution in [0.4, 0.5) is 0 Å². The molecule has 20 heavy (non-hydrogen) atoms. The zero-order chi connectivity index (χ0) is 14.9. The molecule has 110 valence electrons. The lowest BCUT2D eigenvalue weighted by molar-refractivity contribution is -0.145. The maximum absolute atomic E-state index is 11.9. The molecular weight excluding hydrogens is 252 g/mol. The first-order chi connectivity index (χ1) is 9.38. The van der Waals surface area contributed by atoms with E-state index in [1.807, 2.05) is 13.0 Å². The Balaban J connectivity index is 2.59. The van der Waals surface area contributed by atoms with Crippen molar-refractivity contribution in [2.24, 2.45) is 0 Å². The smallest absolute Gasteiger partial charge is 0.314 e. The van der Waals surface area contributed by atoms with Gasteiger partial charge in [-0.15, -0.1) is 0 Å². The molecule has 0 radical (unpaired) electrons. The third-order valence-electron chi connectivity index (χ3n) is 4.64. The molecule has 0 aromatic heterocycles. The summed E-state index contributed by atoms with van der Waals surface area (Å²) in [5, 5.41) is 20.1. The molecule has 2 rings (SSSR count). The van der Waals surface area contributed by atoms with Gasteiger partial charge in [0.25, 0.3) is 0 Å². The first-order valence-electron chi connectivity index (χ1n) is 7.46. The van der Waals surface area contributed by atoms with E-state index < -0.39 is 11.4 Å². The van der Waals surface area contributed by atoms with Crippen molar-refractivity contribution in [3.8, 4) is 5.75 Å². The molecule has 0 saturated heterocycles. The Morgan fingerprint density at radius 1 is 1.20 bits per heavy atom. The fourth-order valence-corrected chi connectivity index (χ4v) is 3.47. The van der Waals surface area contributed by atoms with Gasteiger partial charge in [0, 0.05) is 5.56 Å². The van der Waals surface area contributed by atoms with Gasteiger partial charge in [0.05, 0.1) is 5.41 Å². The van der Waals surface area contributed by atoms with Crippen LogP contribution in [0.3, 0.4) is 0 Å². The summed E-state index contributed by atoms with van der Waals surface area (Å²) in [5.41, 5.74) is 1.86. The number of hydrogen-bond acceptors (Lipinski definition) is 2. The molecule has 0 atom stereocenters. The SMILES string of the molecule is Cc1cc(O)c(C2(C(=O)O)CCCCC2)cc1C(C)C. The van der Waals surface area contributed by atoms with Crippen molar-refractivity contribution in [2.75, 3.05) is 0 Å². The Morgan fingerprint density at radius 3 is 2.30 bits per heavy atom. The second-order valence-electron chi connectivity index (χ2n) is 6.33. The molecule has 1 aromatic rings. The minimum atomic E-state index is -0.903. The summed E-state index contributed by atoms with van der Waals surface area (Å²) in [6.07, 6.45) is 4.15. The molecule has 3 heteroatoms. The molecule has 1 saturated carbocycles. The van der Waals surface area contributed by atoms with Gasteiger partial charge in [0.2, 0.25) is 0 Å². The zero-order valence-corrected chi connectivity index (χ0v) is 12.6. The van der Waals surface area contributed by atoms with Crippen LogP contribution >= 0.6 is 0 Å². The summed E-state index contributed by atoms with van der Waals surface area (Å²) in [5.74, 6) is -0.342. The zero-order valence-electron chi connectivity index (χ0n) is 12.6. The molecule has 2 N–H and O–H groups in total. The van der Waals surface area contributed by atoms with Crippen LogP contribution in [0.2, 0.25) is 0 Å². The first kappa shape index (κ1) is 14.9. The number of aromatic hydroxyl groups is 1. The van der Waals surface area contributed by atoms with Gasteiger partial charge in [0.1, 0.15) is 5.75 Å². The van der Waals surface area contributed by atoms with Crippen LogP contribution in [-0.2, 0) is 10.2 Å². The second-order valence-corrected chi connectivity index (χ2v) is 6.33. The van der Waals surface area contributed by atoms with Crippen LogP contribution in [-0.4, -0.2) is 16.2 Å². The van der Waals surface area contributed by atoms with Gasteiger partial charge in [-0.05, 0) is 42.9 Å². The van der Waals surface area contributed by atoms with Gasteiger partial charge < -0.3 is 10.2 Å². The van der Waals surface area contributed by atoms with Crippen molar-refractivity contribution >= 4 is 5.97 Å². The molecule has 0 unspecified atom stereocenters. The molecule has 1 aromatic carbocycles. The number of aryl methyl sites for hydroxylation is 1. The molecule has 1 aliphatic rings. The number of phenolic OH excluding ortho intramolecular Hbond substituents is 1. The predicted molar refractivity (Wildman–Crippen MR) is 79.3 cm³/mol. The Morgan fingerprint density at radius 2 is 1.80 bits per heavy atom. The molecule has 0 amide bonds. The molecule has 0 heterocycles. The number of benzene rings is 1. The first-order valence-corrected chi connectivity index (χ1v) is 7.46. The molecule has 0 bridgehead atoms. The molecular formula is C17H24O3. The van der Waals surface area contributed by atoms with Crippen molar-refractivity contribution < 1.29 is 15.0 Å². The molecule has 0 aliphatic heterocycles. The van der Waals surface area contributed by atoms with E-state index in [0.717, 1.165) is 30.4 Å². The summed E-state index contributed by atoms with van der Waals surface area (Å²) in [6, 6.07) is 3.65. The number of aliphatic carboxylic acids is 1. The topological polar surface area (TPSA) is 57.5 Å². The highest BCUT2D eigenvalue weighted by Gasteiger charge is 2.43. The number of carbonyl (C=O) groups is 1. The van der Waals surface area contributed by atoms with Crippen LogP contribution in [0.1, 0.15) is 68.6 Å². The van der Waals surface area contributed by atoms with Gasteiger partial charge in [0.15, 0.2) is 0 Å². The van der Waals surface area contributed by atoms with Gasteiger partial charge in [-0.1, -0.05) is 39.2 Å². The average Bonchev–Trinajstić information content (AvgIpc) is 2.38. The summed E-state index contributed by atoms with van der Waals surface area (Å²) >= 11 is 0. The maximum atomic E-state index is 11.9. The maximum Gasteiger partial charge on any atom is 0.314 e. The Labute approximate surface area is 120 Å². The summed E-state index contributed by atoms with van der Waals surface area (Å²) in [7, 11) is 0. The highest BCUT2D eigenvalue weighted by molar-refractivity contribution is 5.83. The number of hydrogen-bond donors (Lipinski definition) is 2. The Hall–Kier alpha value is -1.51. The second kappa shape index (κ2) is 5.47. The van der Waals surface area contributed by atoms with E-state index >= 15 is 0 Å². The fourth-order valence-electron chi connectivity index (χ4n) is 3.47. The largest absolute Gasteiger partial charge is 0.508 e. The minimum absolute atomic E-state index is 0.135. The van der Waals surface area contributed by atoms with Crippen molar-refractivity contribution in [1.82, 2.24) is 0 Å². The van der Waals surface area contributed by atoms with Crippen molar-refractivity contribution in [3.05, 3.63) is 28.8 Å². The van der Waals surface area contributed by atoms with E-state index in [1.54, 1.807) is 6.07 Å². The van der Waals surface area contributed by atoms with E-state index in [-0.39, 0.29) is 5.75 Å². The summed E-state index contributed by atoms with van der Waals surface area (Å²) in [4.78, 5) is 11.9. The third kappa shape index (κ3) is 2.41. The third-order valence-corrected chi connectivity index (χ3v) is 4.64. The van der Waals surface area contributed by atoms with E-state index in [1.165, 1.54) is 0 Å². The van der Waals surface area contributed by atoms with E-state index in [9.17, 15) is 15.0 Å². The van der Waals surface area contributed by atoms with Crippen molar-refractivity contribution in [3.63, 3.8) is 0 Å².